The summed E-state index contributed by atoms with van der Waals surface area (Å²) in [6.45, 7) is 2.73. The fraction of sp³-hybridized carbons (Fsp3) is 0.533. The molecule has 1 aromatic carbocycles. The zero-order valence-electron chi connectivity index (χ0n) is 11.0. The van der Waals surface area contributed by atoms with Gasteiger partial charge in [0.05, 0.1) is 12.2 Å². The molecule has 1 amide bonds. The van der Waals surface area contributed by atoms with E-state index in [2.05, 4.69) is 0 Å². The molecule has 2 fully saturated rings. The Bertz CT molecular complexity index is 442. The lowest BCUT2D eigenvalue weighted by Crippen LogP contribution is -2.32. The van der Waals surface area contributed by atoms with Crippen LogP contribution in [0.3, 0.4) is 0 Å². The number of nitrogens with zero attached hydrogens (tertiary/aromatic N) is 1. The van der Waals surface area contributed by atoms with E-state index in [0.29, 0.717) is 6.61 Å². The minimum Gasteiger partial charge on any atom is -0.445 e. The molecular weight excluding hydrogens is 242 g/mol. The van der Waals surface area contributed by atoms with Crippen molar-refractivity contribution < 1.29 is 14.3 Å². The Labute approximate surface area is 113 Å². The summed E-state index contributed by atoms with van der Waals surface area (Å²) in [6, 6.07) is 9.77. The number of carbonyl (C=O) groups excluding carboxylic acids is 1. The van der Waals surface area contributed by atoms with Crippen LogP contribution in [0.1, 0.15) is 24.8 Å². The molecule has 2 heterocycles. The second-order valence-corrected chi connectivity index (χ2v) is 5.35. The lowest BCUT2D eigenvalue weighted by Gasteiger charge is -2.19. The van der Waals surface area contributed by atoms with Crippen molar-refractivity contribution in [1.82, 2.24) is 4.90 Å². The highest BCUT2D eigenvalue weighted by atomic mass is 16.6. The zero-order valence-corrected chi connectivity index (χ0v) is 11.0. The average Bonchev–Trinajstić information content (AvgIpc) is 3.25. The molecule has 1 unspecified atom stereocenters. The lowest BCUT2D eigenvalue weighted by molar-refractivity contribution is 0.0967. The minimum atomic E-state index is -0.207. The van der Waals surface area contributed by atoms with Crippen LogP contribution in [0.2, 0.25) is 0 Å². The first-order chi connectivity index (χ1) is 9.27. The number of ether oxygens (including phenoxy) is 2. The number of epoxide rings is 1. The number of hydrogen-bond acceptors (Lipinski definition) is 3. The van der Waals surface area contributed by atoms with E-state index in [1.165, 1.54) is 0 Å². The first kappa shape index (κ1) is 12.5. The van der Waals surface area contributed by atoms with Crippen molar-refractivity contribution in [1.29, 1.82) is 0 Å². The van der Waals surface area contributed by atoms with Gasteiger partial charge in [-0.25, -0.2) is 4.79 Å². The third-order valence-electron chi connectivity index (χ3n) is 3.91. The van der Waals surface area contributed by atoms with E-state index in [9.17, 15) is 4.79 Å². The maximum absolute atomic E-state index is 12.0. The zero-order chi connectivity index (χ0) is 13.1. The highest BCUT2D eigenvalue weighted by Gasteiger charge is 2.45. The molecule has 1 aromatic rings. The number of carbonyl (C=O) groups is 1. The molecule has 0 aliphatic carbocycles. The minimum absolute atomic E-state index is 0.0917. The summed E-state index contributed by atoms with van der Waals surface area (Å²) in [6.07, 6.45) is 2.80. The van der Waals surface area contributed by atoms with Gasteiger partial charge in [-0.2, -0.15) is 0 Å². The molecule has 1 spiro atoms. The SMILES string of the molecule is O=C(OCc1ccccc1)N1CCCC2(CC1)CO2. The van der Waals surface area contributed by atoms with E-state index in [1.807, 2.05) is 30.3 Å². The summed E-state index contributed by atoms with van der Waals surface area (Å²) in [7, 11) is 0. The van der Waals surface area contributed by atoms with Crippen LogP contribution in [0.5, 0.6) is 0 Å². The molecule has 1 atom stereocenters. The van der Waals surface area contributed by atoms with E-state index in [-0.39, 0.29) is 11.7 Å². The number of benzene rings is 1. The van der Waals surface area contributed by atoms with Crippen LogP contribution in [-0.4, -0.2) is 36.3 Å². The summed E-state index contributed by atoms with van der Waals surface area (Å²) in [5.41, 5.74) is 1.11. The van der Waals surface area contributed by atoms with Gasteiger partial charge >= 0.3 is 6.09 Å². The van der Waals surface area contributed by atoms with Crippen LogP contribution >= 0.6 is 0 Å². The van der Waals surface area contributed by atoms with Gasteiger partial charge in [0.15, 0.2) is 0 Å². The van der Waals surface area contributed by atoms with Gasteiger partial charge in [-0.3, -0.25) is 0 Å². The van der Waals surface area contributed by atoms with Crippen molar-refractivity contribution in [2.45, 2.75) is 31.5 Å². The summed E-state index contributed by atoms with van der Waals surface area (Å²) >= 11 is 0. The summed E-state index contributed by atoms with van der Waals surface area (Å²) in [4.78, 5) is 13.8. The lowest BCUT2D eigenvalue weighted by atomic mass is 10.0. The average molecular weight is 261 g/mol. The van der Waals surface area contributed by atoms with Crippen molar-refractivity contribution >= 4 is 6.09 Å². The first-order valence-corrected chi connectivity index (χ1v) is 6.87. The molecule has 2 aliphatic rings. The maximum atomic E-state index is 12.0. The van der Waals surface area contributed by atoms with Crippen molar-refractivity contribution in [2.75, 3.05) is 19.7 Å². The van der Waals surface area contributed by atoms with Crippen molar-refractivity contribution in [3.8, 4) is 0 Å². The maximum Gasteiger partial charge on any atom is 0.410 e. The van der Waals surface area contributed by atoms with E-state index in [1.54, 1.807) is 4.90 Å². The molecule has 2 saturated heterocycles. The molecule has 4 nitrogen and oxygen atoms in total. The summed E-state index contributed by atoms with van der Waals surface area (Å²) in [5, 5.41) is 0. The molecule has 102 valence electrons. The predicted octanol–water partition coefficient (Wildman–Crippen LogP) is 2.58. The molecular formula is C15H19NO3. The standard InChI is InChI=1S/C15H19NO3/c17-14(18-11-13-5-2-1-3-6-13)16-9-4-7-15(8-10-16)12-19-15/h1-3,5-6H,4,7-12H2. The highest BCUT2D eigenvalue weighted by molar-refractivity contribution is 5.67. The first-order valence-electron chi connectivity index (χ1n) is 6.87. The summed E-state index contributed by atoms with van der Waals surface area (Å²) in [5.74, 6) is 0. The van der Waals surface area contributed by atoms with Gasteiger partial charge in [-0.1, -0.05) is 30.3 Å². The number of hydrogen-bond donors (Lipinski definition) is 0. The van der Waals surface area contributed by atoms with Crippen LogP contribution in [-0.2, 0) is 16.1 Å². The Kier molecular flexibility index (Phi) is 3.42. The molecule has 0 aromatic heterocycles. The second-order valence-electron chi connectivity index (χ2n) is 5.35. The van der Waals surface area contributed by atoms with Crippen LogP contribution < -0.4 is 0 Å². The fourth-order valence-electron chi connectivity index (χ4n) is 2.55. The fourth-order valence-corrected chi connectivity index (χ4v) is 2.55. The van der Waals surface area contributed by atoms with Gasteiger partial charge in [0.25, 0.3) is 0 Å². The molecule has 3 rings (SSSR count). The Balaban J connectivity index is 1.50. The van der Waals surface area contributed by atoms with Gasteiger partial charge in [0.1, 0.15) is 6.61 Å². The second kappa shape index (κ2) is 5.21. The largest absolute Gasteiger partial charge is 0.445 e. The predicted molar refractivity (Wildman–Crippen MR) is 70.7 cm³/mol. The highest BCUT2D eigenvalue weighted by Crippen LogP contribution is 2.37. The molecule has 0 bridgehead atoms. The van der Waals surface area contributed by atoms with Gasteiger partial charge in [0, 0.05) is 13.1 Å². The van der Waals surface area contributed by atoms with Gasteiger partial charge in [-0.15, -0.1) is 0 Å². The van der Waals surface area contributed by atoms with Gasteiger partial charge in [-0.05, 0) is 24.8 Å². The third-order valence-corrected chi connectivity index (χ3v) is 3.91. The van der Waals surface area contributed by atoms with E-state index >= 15 is 0 Å². The van der Waals surface area contributed by atoms with Crippen LogP contribution in [0.4, 0.5) is 4.79 Å². The van der Waals surface area contributed by atoms with Gasteiger partial charge in [0.2, 0.25) is 0 Å². The summed E-state index contributed by atoms with van der Waals surface area (Å²) < 4.78 is 10.9. The normalized spacial score (nSPS) is 26.0. The number of amides is 1. The third kappa shape index (κ3) is 3.07. The molecule has 0 radical (unpaired) electrons. The van der Waals surface area contributed by atoms with Crippen molar-refractivity contribution in [3.05, 3.63) is 35.9 Å². The molecule has 19 heavy (non-hydrogen) atoms. The Morgan fingerprint density at radius 2 is 2.05 bits per heavy atom. The monoisotopic (exact) mass is 261 g/mol. The topological polar surface area (TPSA) is 42.1 Å². The van der Waals surface area contributed by atoms with Crippen molar-refractivity contribution in [3.63, 3.8) is 0 Å². The van der Waals surface area contributed by atoms with E-state index < -0.39 is 0 Å². The molecule has 0 saturated carbocycles. The quantitative estimate of drug-likeness (QED) is 0.768. The number of rotatable bonds is 2. The van der Waals surface area contributed by atoms with E-state index in [4.69, 9.17) is 9.47 Å². The smallest absolute Gasteiger partial charge is 0.410 e. The molecule has 0 N–H and O–H groups in total. The van der Waals surface area contributed by atoms with Crippen LogP contribution in [0.25, 0.3) is 0 Å². The van der Waals surface area contributed by atoms with Crippen molar-refractivity contribution in [2.24, 2.45) is 0 Å². The Hall–Kier alpha value is -1.55. The van der Waals surface area contributed by atoms with Crippen LogP contribution in [0, 0.1) is 0 Å². The molecule has 4 heteroatoms. The molecule has 2 aliphatic heterocycles. The van der Waals surface area contributed by atoms with Gasteiger partial charge < -0.3 is 14.4 Å². The van der Waals surface area contributed by atoms with E-state index in [0.717, 1.165) is 44.5 Å². The number of likely N-dealkylation sites (tertiary alicyclic amines) is 1. The Morgan fingerprint density at radius 3 is 2.79 bits per heavy atom. The Morgan fingerprint density at radius 1 is 1.26 bits per heavy atom. The van der Waals surface area contributed by atoms with Crippen LogP contribution in [0.15, 0.2) is 30.3 Å².